The fourth-order valence-corrected chi connectivity index (χ4v) is 3.23. The highest BCUT2D eigenvalue weighted by Crippen LogP contribution is 2.36. The minimum absolute atomic E-state index is 0.198. The molecule has 1 rings (SSSR count). The van der Waals surface area contributed by atoms with Gasteiger partial charge in [0.05, 0.1) is 0 Å². The Morgan fingerprint density at radius 2 is 2.24 bits per heavy atom. The molecule has 2 N–H and O–H groups in total. The number of thioether (sulfide) groups is 1. The summed E-state index contributed by atoms with van der Waals surface area (Å²) < 4.78 is 0.284. The van der Waals surface area contributed by atoms with Crippen LogP contribution in [0.15, 0.2) is 0 Å². The third-order valence-electron chi connectivity index (χ3n) is 3.09. The first-order valence-electron chi connectivity index (χ1n) is 6.66. The SMILES string of the molecule is CC(C)NCCCC(=O)NCC1(C)CCCS1. The van der Waals surface area contributed by atoms with E-state index in [0.29, 0.717) is 12.5 Å². The Labute approximate surface area is 109 Å². The van der Waals surface area contributed by atoms with E-state index in [4.69, 9.17) is 0 Å². The summed E-state index contributed by atoms with van der Waals surface area (Å²) in [4.78, 5) is 11.6. The predicted molar refractivity (Wildman–Crippen MR) is 75.5 cm³/mol. The summed E-state index contributed by atoms with van der Waals surface area (Å²) in [5.74, 6) is 1.44. The molecule has 4 heteroatoms. The molecule has 1 atom stereocenters. The van der Waals surface area contributed by atoms with Gasteiger partial charge in [0.25, 0.3) is 0 Å². The summed E-state index contributed by atoms with van der Waals surface area (Å²) in [7, 11) is 0. The van der Waals surface area contributed by atoms with Gasteiger partial charge in [0.2, 0.25) is 5.91 Å². The molecule has 1 fully saturated rings. The molecule has 1 aliphatic rings. The summed E-state index contributed by atoms with van der Waals surface area (Å²) in [5, 5.41) is 6.39. The van der Waals surface area contributed by atoms with Crippen molar-refractivity contribution in [2.45, 2.75) is 57.2 Å². The maximum Gasteiger partial charge on any atom is 0.220 e. The highest BCUT2D eigenvalue weighted by Gasteiger charge is 2.29. The van der Waals surface area contributed by atoms with E-state index in [1.165, 1.54) is 18.6 Å². The average Bonchev–Trinajstić information content (AvgIpc) is 2.69. The molecule has 1 unspecified atom stereocenters. The molecule has 0 aromatic carbocycles. The molecule has 1 saturated heterocycles. The molecule has 17 heavy (non-hydrogen) atoms. The van der Waals surface area contributed by atoms with Crippen molar-refractivity contribution < 1.29 is 4.79 Å². The molecule has 0 spiro atoms. The van der Waals surface area contributed by atoms with Gasteiger partial charge in [-0.3, -0.25) is 4.79 Å². The molecule has 0 saturated carbocycles. The van der Waals surface area contributed by atoms with Gasteiger partial charge in [0, 0.05) is 23.8 Å². The van der Waals surface area contributed by atoms with E-state index in [1.54, 1.807) is 0 Å². The van der Waals surface area contributed by atoms with Crippen molar-refractivity contribution in [2.24, 2.45) is 0 Å². The Balaban J connectivity index is 2.05. The molecule has 3 nitrogen and oxygen atoms in total. The molecule has 1 aliphatic heterocycles. The zero-order valence-electron chi connectivity index (χ0n) is 11.3. The number of carbonyl (C=O) groups excluding carboxylic acids is 1. The van der Waals surface area contributed by atoms with Gasteiger partial charge >= 0.3 is 0 Å². The third kappa shape index (κ3) is 6.32. The lowest BCUT2D eigenvalue weighted by atomic mass is 10.1. The van der Waals surface area contributed by atoms with E-state index >= 15 is 0 Å². The molecule has 1 heterocycles. The molecule has 0 radical (unpaired) electrons. The minimum atomic E-state index is 0.198. The van der Waals surface area contributed by atoms with Gasteiger partial charge in [0.1, 0.15) is 0 Å². The van der Waals surface area contributed by atoms with E-state index in [-0.39, 0.29) is 10.7 Å². The van der Waals surface area contributed by atoms with Crippen LogP contribution in [0.5, 0.6) is 0 Å². The fourth-order valence-electron chi connectivity index (χ4n) is 1.99. The van der Waals surface area contributed by atoms with Crippen molar-refractivity contribution in [3.63, 3.8) is 0 Å². The number of hydrogen-bond acceptors (Lipinski definition) is 3. The maximum atomic E-state index is 11.6. The Bertz CT molecular complexity index is 238. The van der Waals surface area contributed by atoms with Gasteiger partial charge < -0.3 is 10.6 Å². The van der Waals surface area contributed by atoms with Crippen molar-refractivity contribution in [3.8, 4) is 0 Å². The summed E-state index contributed by atoms with van der Waals surface area (Å²) in [6, 6.07) is 0.506. The highest BCUT2D eigenvalue weighted by atomic mass is 32.2. The van der Waals surface area contributed by atoms with E-state index in [0.717, 1.165) is 19.5 Å². The number of amides is 1. The number of carbonyl (C=O) groups is 1. The number of rotatable bonds is 7. The lowest BCUT2D eigenvalue weighted by Crippen LogP contribution is -2.37. The molecule has 0 aliphatic carbocycles. The zero-order chi connectivity index (χ0) is 12.7. The van der Waals surface area contributed by atoms with Crippen molar-refractivity contribution in [3.05, 3.63) is 0 Å². The topological polar surface area (TPSA) is 41.1 Å². The zero-order valence-corrected chi connectivity index (χ0v) is 12.2. The lowest BCUT2D eigenvalue weighted by Gasteiger charge is -2.22. The van der Waals surface area contributed by atoms with Crippen molar-refractivity contribution >= 4 is 17.7 Å². The van der Waals surface area contributed by atoms with Crippen LogP contribution in [-0.4, -0.2) is 35.5 Å². The molecule has 0 bridgehead atoms. The Morgan fingerprint density at radius 3 is 2.82 bits per heavy atom. The fraction of sp³-hybridized carbons (Fsp3) is 0.923. The minimum Gasteiger partial charge on any atom is -0.355 e. The second kappa shape index (κ2) is 7.27. The molecule has 0 aromatic heterocycles. The first-order chi connectivity index (χ1) is 8.02. The maximum absolute atomic E-state index is 11.6. The monoisotopic (exact) mass is 258 g/mol. The number of nitrogens with one attached hydrogen (secondary N) is 2. The Kier molecular flexibility index (Phi) is 6.34. The smallest absolute Gasteiger partial charge is 0.220 e. The van der Waals surface area contributed by atoms with E-state index in [1.807, 2.05) is 11.8 Å². The van der Waals surface area contributed by atoms with Crippen LogP contribution in [0.4, 0.5) is 0 Å². The summed E-state index contributed by atoms with van der Waals surface area (Å²) in [6.07, 6.45) is 4.08. The van der Waals surface area contributed by atoms with Crippen LogP contribution >= 0.6 is 11.8 Å². The van der Waals surface area contributed by atoms with Crippen LogP contribution < -0.4 is 10.6 Å². The van der Waals surface area contributed by atoms with Crippen LogP contribution in [-0.2, 0) is 4.79 Å². The van der Waals surface area contributed by atoms with Gasteiger partial charge in [-0.2, -0.15) is 11.8 Å². The number of hydrogen-bond donors (Lipinski definition) is 2. The van der Waals surface area contributed by atoms with Crippen LogP contribution in [0.3, 0.4) is 0 Å². The van der Waals surface area contributed by atoms with Crippen molar-refractivity contribution in [2.75, 3.05) is 18.8 Å². The van der Waals surface area contributed by atoms with Gasteiger partial charge in [0.15, 0.2) is 0 Å². The second-order valence-corrected chi connectivity index (χ2v) is 7.07. The molecule has 0 aromatic rings. The Hall–Kier alpha value is -0.220. The molecule has 1 amide bonds. The second-order valence-electron chi connectivity index (χ2n) is 5.39. The van der Waals surface area contributed by atoms with Crippen molar-refractivity contribution in [1.82, 2.24) is 10.6 Å². The first kappa shape index (κ1) is 14.8. The van der Waals surface area contributed by atoms with Gasteiger partial charge in [-0.15, -0.1) is 0 Å². The largest absolute Gasteiger partial charge is 0.355 e. The van der Waals surface area contributed by atoms with Crippen LogP contribution in [0.2, 0.25) is 0 Å². The van der Waals surface area contributed by atoms with E-state index in [9.17, 15) is 4.79 Å². The van der Waals surface area contributed by atoms with E-state index < -0.39 is 0 Å². The summed E-state index contributed by atoms with van der Waals surface area (Å²) in [5.41, 5.74) is 0. The first-order valence-corrected chi connectivity index (χ1v) is 7.64. The van der Waals surface area contributed by atoms with Crippen molar-refractivity contribution in [1.29, 1.82) is 0 Å². The summed E-state index contributed by atoms with van der Waals surface area (Å²) >= 11 is 1.99. The van der Waals surface area contributed by atoms with Gasteiger partial charge in [-0.1, -0.05) is 13.8 Å². The standard InChI is InChI=1S/C13H26N2OS/c1-11(2)14-8-4-6-12(16)15-10-13(3)7-5-9-17-13/h11,14H,4-10H2,1-3H3,(H,15,16). The normalized spacial score (nSPS) is 24.2. The van der Waals surface area contributed by atoms with Crippen LogP contribution in [0, 0.1) is 0 Å². The van der Waals surface area contributed by atoms with Gasteiger partial charge in [-0.05, 0) is 38.5 Å². The molecular weight excluding hydrogens is 232 g/mol. The lowest BCUT2D eigenvalue weighted by molar-refractivity contribution is -0.121. The predicted octanol–water partition coefficient (Wildman–Crippen LogP) is 2.17. The molecular formula is C13H26N2OS. The Morgan fingerprint density at radius 1 is 1.47 bits per heavy atom. The third-order valence-corrected chi connectivity index (χ3v) is 4.63. The molecule has 100 valence electrons. The summed E-state index contributed by atoms with van der Waals surface area (Å²) in [6.45, 7) is 8.26. The highest BCUT2D eigenvalue weighted by molar-refractivity contribution is 8.00. The van der Waals surface area contributed by atoms with Crippen LogP contribution in [0.1, 0.15) is 46.5 Å². The van der Waals surface area contributed by atoms with Crippen LogP contribution in [0.25, 0.3) is 0 Å². The van der Waals surface area contributed by atoms with Gasteiger partial charge in [-0.25, -0.2) is 0 Å². The average molecular weight is 258 g/mol. The van der Waals surface area contributed by atoms with E-state index in [2.05, 4.69) is 31.4 Å². The quantitative estimate of drug-likeness (QED) is 0.688.